The SMILES string of the molecule is Cc1cccc(C[C@@H](O)/C=C/[C@@H]2[C@H]3CC(CCCCCN(C)C)=C[C@H]3C[C@H]2O)c1. The number of allylic oxidation sites excluding steroid dienone is 2. The highest BCUT2D eigenvalue weighted by molar-refractivity contribution is 5.24. The van der Waals surface area contributed by atoms with E-state index in [0.717, 1.165) is 18.4 Å². The Labute approximate surface area is 177 Å². The van der Waals surface area contributed by atoms with Crippen molar-refractivity contribution in [3.63, 3.8) is 0 Å². The first-order valence-electron chi connectivity index (χ1n) is 11.4. The summed E-state index contributed by atoms with van der Waals surface area (Å²) in [5, 5.41) is 21.0. The molecule has 1 saturated carbocycles. The fraction of sp³-hybridized carbons (Fsp3) is 0.615. The monoisotopic (exact) mass is 397 g/mol. The summed E-state index contributed by atoms with van der Waals surface area (Å²) in [5.74, 6) is 1.21. The van der Waals surface area contributed by atoms with Gasteiger partial charge in [0.2, 0.25) is 0 Å². The summed E-state index contributed by atoms with van der Waals surface area (Å²) in [7, 11) is 4.27. The summed E-state index contributed by atoms with van der Waals surface area (Å²) in [6.07, 6.45) is 13.4. The third kappa shape index (κ3) is 6.53. The fourth-order valence-corrected chi connectivity index (χ4v) is 5.15. The lowest BCUT2D eigenvalue weighted by molar-refractivity contribution is 0.140. The lowest BCUT2D eigenvalue weighted by Crippen LogP contribution is -2.18. The van der Waals surface area contributed by atoms with E-state index in [4.69, 9.17) is 0 Å². The smallest absolute Gasteiger partial charge is 0.0761 e. The predicted octanol–water partition coefficient (Wildman–Crippen LogP) is 4.52. The van der Waals surface area contributed by atoms with Gasteiger partial charge in [0.25, 0.3) is 0 Å². The van der Waals surface area contributed by atoms with Crippen LogP contribution in [0.15, 0.2) is 48.1 Å². The van der Waals surface area contributed by atoms with Crippen LogP contribution in [0.1, 0.15) is 49.7 Å². The Morgan fingerprint density at radius 1 is 1.21 bits per heavy atom. The van der Waals surface area contributed by atoms with Crippen LogP contribution >= 0.6 is 0 Å². The van der Waals surface area contributed by atoms with Crippen molar-refractivity contribution < 1.29 is 10.2 Å². The molecule has 2 aliphatic carbocycles. The van der Waals surface area contributed by atoms with Gasteiger partial charge in [-0.15, -0.1) is 0 Å². The van der Waals surface area contributed by atoms with Crippen molar-refractivity contribution in [3.8, 4) is 0 Å². The van der Waals surface area contributed by atoms with E-state index in [-0.39, 0.29) is 12.0 Å². The van der Waals surface area contributed by atoms with Crippen LogP contribution in [0, 0.1) is 24.7 Å². The zero-order valence-electron chi connectivity index (χ0n) is 18.4. The molecule has 0 saturated heterocycles. The number of aliphatic hydroxyl groups excluding tert-OH is 2. The van der Waals surface area contributed by atoms with Crippen LogP contribution < -0.4 is 0 Å². The van der Waals surface area contributed by atoms with Crippen molar-refractivity contribution in [3.05, 3.63) is 59.2 Å². The van der Waals surface area contributed by atoms with E-state index in [1.54, 1.807) is 5.57 Å². The standard InChI is InChI=1S/C26H39NO2/c1-19-8-7-10-20(14-19)16-23(28)11-12-24-25-17-21(15-22(25)18-26(24)29)9-5-4-6-13-27(2)3/h7-8,10-12,14-15,22-26,28-29H,4-6,9,13,16-18H2,1-3H3/b12-11+/t22-,23-,24+,25-,26+/m0/s1. The normalized spacial score (nSPS) is 27.6. The van der Waals surface area contributed by atoms with Crippen molar-refractivity contribution in [1.29, 1.82) is 0 Å². The van der Waals surface area contributed by atoms with Gasteiger partial charge in [-0.3, -0.25) is 0 Å². The van der Waals surface area contributed by atoms with E-state index in [1.807, 2.05) is 12.1 Å². The van der Waals surface area contributed by atoms with Crippen molar-refractivity contribution >= 4 is 0 Å². The first kappa shape index (κ1) is 22.3. The minimum absolute atomic E-state index is 0.176. The molecule has 1 aromatic carbocycles. The van der Waals surface area contributed by atoms with Gasteiger partial charge in [-0.1, -0.05) is 60.1 Å². The van der Waals surface area contributed by atoms with Crippen LogP contribution in [-0.2, 0) is 6.42 Å². The molecule has 0 radical (unpaired) electrons. The molecule has 0 spiro atoms. The first-order valence-corrected chi connectivity index (χ1v) is 11.4. The Morgan fingerprint density at radius 2 is 2.03 bits per heavy atom. The van der Waals surface area contributed by atoms with E-state index in [2.05, 4.69) is 56.3 Å². The number of rotatable bonds is 10. The second kappa shape index (κ2) is 10.6. The molecule has 0 aliphatic heterocycles. The zero-order chi connectivity index (χ0) is 20.8. The third-order valence-corrected chi connectivity index (χ3v) is 6.64. The van der Waals surface area contributed by atoms with Crippen molar-refractivity contribution in [2.24, 2.45) is 17.8 Å². The summed E-state index contributed by atoms with van der Waals surface area (Å²) in [5.41, 5.74) is 3.97. The maximum Gasteiger partial charge on any atom is 0.0761 e. The molecule has 0 bridgehead atoms. The molecule has 2 aliphatic rings. The average molecular weight is 398 g/mol. The molecule has 3 heteroatoms. The highest BCUT2D eigenvalue weighted by Crippen LogP contribution is 2.48. The molecule has 3 nitrogen and oxygen atoms in total. The number of nitrogens with zero attached hydrogens (tertiary/aromatic N) is 1. The number of hydrogen-bond donors (Lipinski definition) is 2. The minimum atomic E-state index is -0.492. The molecule has 0 amide bonds. The Balaban J connectivity index is 1.47. The summed E-state index contributed by atoms with van der Waals surface area (Å²) < 4.78 is 0. The quantitative estimate of drug-likeness (QED) is 0.451. The van der Waals surface area contributed by atoms with Gasteiger partial charge in [0.1, 0.15) is 0 Å². The van der Waals surface area contributed by atoms with Gasteiger partial charge in [-0.25, -0.2) is 0 Å². The lowest BCUT2D eigenvalue weighted by Gasteiger charge is -2.19. The number of aryl methyl sites for hydroxylation is 1. The van der Waals surface area contributed by atoms with E-state index < -0.39 is 6.10 Å². The molecule has 160 valence electrons. The molecule has 0 unspecified atom stereocenters. The van der Waals surface area contributed by atoms with Crippen LogP contribution in [0.3, 0.4) is 0 Å². The van der Waals surface area contributed by atoms with E-state index in [9.17, 15) is 10.2 Å². The Kier molecular flexibility index (Phi) is 8.11. The van der Waals surface area contributed by atoms with E-state index in [1.165, 1.54) is 37.8 Å². The summed E-state index contributed by atoms with van der Waals surface area (Å²) in [6.45, 7) is 3.25. The van der Waals surface area contributed by atoms with Gasteiger partial charge >= 0.3 is 0 Å². The second-order valence-corrected chi connectivity index (χ2v) is 9.50. The van der Waals surface area contributed by atoms with Crippen molar-refractivity contribution in [2.75, 3.05) is 20.6 Å². The Bertz CT molecular complexity index is 708. The summed E-state index contributed by atoms with van der Waals surface area (Å²) in [6, 6.07) is 8.31. The largest absolute Gasteiger partial charge is 0.392 e. The number of aliphatic hydroxyl groups is 2. The Morgan fingerprint density at radius 3 is 2.79 bits per heavy atom. The predicted molar refractivity (Wildman–Crippen MR) is 121 cm³/mol. The van der Waals surface area contributed by atoms with Gasteiger partial charge in [-0.2, -0.15) is 0 Å². The average Bonchev–Trinajstić information content (AvgIpc) is 3.16. The number of hydrogen-bond acceptors (Lipinski definition) is 3. The van der Waals surface area contributed by atoms with Gasteiger partial charge in [-0.05, 0) is 77.1 Å². The van der Waals surface area contributed by atoms with Gasteiger partial charge in [0.15, 0.2) is 0 Å². The van der Waals surface area contributed by atoms with Gasteiger partial charge in [0, 0.05) is 12.3 Å². The Hall–Kier alpha value is -1.42. The van der Waals surface area contributed by atoms with Crippen LogP contribution in [0.4, 0.5) is 0 Å². The topological polar surface area (TPSA) is 43.7 Å². The van der Waals surface area contributed by atoms with Crippen LogP contribution in [0.25, 0.3) is 0 Å². The minimum Gasteiger partial charge on any atom is -0.392 e. The maximum absolute atomic E-state index is 10.6. The van der Waals surface area contributed by atoms with Gasteiger partial charge in [0.05, 0.1) is 12.2 Å². The van der Waals surface area contributed by atoms with Crippen LogP contribution in [-0.4, -0.2) is 48.0 Å². The third-order valence-electron chi connectivity index (χ3n) is 6.64. The lowest BCUT2D eigenvalue weighted by atomic mass is 9.88. The molecule has 2 N–H and O–H groups in total. The van der Waals surface area contributed by atoms with Crippen molar-refractivity contribution in [1.82, 2.24) is 4.90 Å². The first-order chi connectivity index (χ1) is 13.9. The molecular formula is C26H39NO2. The molecule has 5 atom stereocenters. The summed E-state index contributed by atoms with van der Waals surface area (Å²) >= 11 is 0. The zero-order valence-corrected chi connectivity index (χ0v) is 18.4. The molecular weight excluding hydrogens is 358 g/mol. The highest BCUT2D eigenvalue weighted by Gasteiger charge is 2.43. The molecule has 1 aromatic rings. The van der Waals surface area contributed by atoms with Crippen LogP contribution in [0.2, 0.25) is 0 Å². The van der Waals surface area contributed by atoms with Gasteiger partial charge < -0.3 is 15.1 Å². The summed E-state index contributed by atoms with van der Waals surface area (Å²) in [4.78, 5) is 2.25. The number of fused-ring (bicyclic) bond motifs is 1. The molecule has 0 heterocycles. The fourth-order valence-electron chi connectivity index (χ4n) is 5.15. The van der Waals surface area contributed by atoms with Crippen molar-refractivity contribution in [2.45, 2.75) is 64.1 Å². The maximum atomic E-state index is 10.6. The number of unbranched alkanes of at least 4 members (excludes halogenated alkanes) is 2. The highest BCUT2D eigenvalue weighted by atomic mass is 16.3. The molecule has 0 aromatic heterocycles. The molecule has 29 heavy (non-hydrogen) atoms. The number of benzene rings is 1. The van der Waals surface area contributed by atoms with E-state index >= 15 is 0 Å². The van der Waals surface area contributed by atoms with Crippen LogP contribution in [0.5, 0.6) is 0 Å². The second-order valence-electron chi connectivity index (χ2n) is 9.50. The molecule has 1 fully saturated rings. The van der Waals surface area contributed by atoms with E-state index in [0.29, 0.717) is 18.3 Å². The molecule has 3 rings (SSSR count).